The number of nitrogens with two attached hydrogens (primary N) is 1. The molecule has 4 nitrogen and oxygen atoms in total. The number of nitrogens with one attached hydrogen (secondary N) is 1. The van der Waals surface area contributed by atoms with Crippen LogP contribution in [0.5, 0.6) is 0 Å². The van der Waals surface area contributed by atoms with Crippen molar-refractivity contribution in [1.29, 1.82) is 0 Å². The summed E-state index contributed by atoms with van der Waals surface area (Å²) in [7, 11) is 0. The lowest BCUT2D eigenvalue weighted by molar-refractivity contribution is -0.130. The molecule has 2 rings (SSSR count). The van der Waals surface area contributed by atoms with Gasteiger partial charge < -0.3 is 15.8 Å². The van der Waals surface area contributed by atoms with Gasteiger partial charge in [-0.15, -0.1) is 0 Å². The highest BCUT2D eigenvalue weighted by atomic mass is 16.5. The summed E-state index contributed by atoms with van der Waals surface area (Å²) in [5.41, 5.74) is 5.69. The van der Waals surface area contributed by atoms with Crippen molar-refractivity contribution in [3.63, 3.8) is 0 Å². The van der Waals surface area contributed by atoms with Crippen LogP contribution in [0.1, 0.15) is 52.4 Å². The first kappa shape index (κ1) is 14.8. The Bertz CT molecular complexity index is 317. The first-order chi connectivity index (χ1) is 9.02. The van der Waals surface area contributed by atoms with E-state index < -0.39 is 0 Å². The lowest BCUT2D eigenvalue weighted by atomic mass is 9.78. The average molecular weight is 268 g/mol. The average Bonchev–Trinajstić information content (AvgIpc) is 2.37. The van der Waals surface area contributed by atoms with E-state index in [9.17, 15) is 4.79 Å². The Hall–Kier alpha value is -0.610. The second kappa shape index (κ2) is 6.23. The molecule has 3 unspecified atom stereocenters. The third-order valence-electron chi connectivity index (χ3n) is 4.59. The van der Waals surface area contributed by atoms with Crippen LogP contribution in [0.25, 0.3) is 0 Å². The van der Waals surface area contributed by atoms with E-state index in [1.807, 2.05) is 0 Å². The summed E-state index contributed by atoms with van der Waals surface area (Å²) in [4.78, 5) is 12.4. The number of amides is 1. The molecule has 0 aromatic carbocycles. The molecule has 0 aromatic rings. The SMILES string of the molecule is CC1(C)CC(NC(=O)C2CCCCC2CN)CCO1. The summed E-state index contributed by atoms with van der Waals surface area (Å²) in [5, 5.41) is 3.23. The van der Waals surface area contributed by atoms with E-state index in [2.05, 4.69) is 19.2 Å². The van der Waals surface area contributed by atoms with Gasteiger partial charge in [0.25, 0.3) is 0 Å². The second-order valence-electron chi connectivity index (χ2n) is 6.69. The molecule has 0 bridgehead atoms. The van der Waals surface area contributed by atoms with Gasteiger partial charge in [0.05, 0.1) is 5.60 Å². The molecule has 3 atom stereocenters. The molecule has 1 aliphatic heterocycles. The fourth-order valence-corrected chi connectivity index (χ4v) is 3.50. The van der Waals surface area contributed by atoms with Crippen molar-refractivity contribution in [2.24, 2.45) is 17.6 Å². The maximum atomic E-state index is 12.4. The zero-order chi connectivity index (χ0) is 13.9. The normalized spacial score (nSPS) is 34.8. The lowest BCUT2D eigenvalue weighted by Crippen LogP contribution is -2.49. The molecule has 0 spiro atoms. The molecule has 1 saturated carbocycles. The molecule has 1 saturated heterocycles. The van der Waals surface area contributed by atoms with Gasteiger partial charge in [0.1, 0.15) is 0 Å². The highest BCUT2D eigenvalue weighted by molar-refractivity contribution is 5.79. The Balaban J connectivity index is 1.89. The van der Waals surface area contributed by atoms with Gasteiger partial charge in [-0.05, 0) is 52.0 Å². The van der Waals surface area contributed by atoms with Gasteiger partial charge >= 0.3 is 0 Å². The fraction of sp³-hybridized carbons (Fsp3) is 0.933. The Labute approximate surface area is 116 Å². The number of carbonyl (C=O) groups excluding carboxylic acids is 1. The number of rotatable bonds is 3. The minimum atomic E-state index is -0.115. The highest BCUT2D eigenvalue weighted by Gasteiger charge is 2.34. The smallest absolute Gasteiger partial charge is 0.223 e. The zero-order valence-electron chi connectivity index (χ0n) is 12.3. The van der Waals surface area contributed by atoms with Crippen molar-refractivity contribution < 1.29 is 9.53 Å². The van der Waals surface area contributed by atoms with Crippen molar-refractivity contribution in [3.05, 3.63) is 0 Å². The summed E-state index contributed by atoms with van der Waals surface area (Å²) in [5.74, 6) is 0.726. The molecular weight excluding hydrogens is 240 g/mol. The zero-order valence-corrected chi connectivity index (χ0v) is 12.3. The summed E-state index contributed by atoms with van der Waals surface area (Å²) in [6.07, 6.45) is 6.31. The number of ether oxygens (including phenoxy) is 1. The molecule has 0 radical (unpaired) electrons. The molecule has 19 heavy (non-hydrogen) atoms. The Morgan fingerprint density at radius 3 is 2.74 bits per heavy atom. The van der Waals surface area contributed by atoms with E-state index in [1.165, 1.54) is 6.42 Å². The summed E-state index contributed by atoms with van der Waals surface area (Å²) < 4.78 is 5.69. The lowest BCUT2D eigenvalue weighted by Gasteiger charge is -2.37. The van der Waals surface area contributed by atoms with E-state index in [1.54, 1.807) is 0 Å². The second-order valence-corrected chi connectivity index (χ2v) is 6.69. The summed E-state index contributed by atoms with van der Waals surface area (Å²) in [6, 6.07) is 0.261. The Morgan fingerprint density at radius 1 is 1.32 bits per heavy atom. The van der Waals surface area contributed by atoms with Gasteiger partial charge in [0.15, 0.2) is 0 Å². The first-order valence-corrected chi connectivity index (χ1v) is 7.66. The maximum Gasteiger partial charge on any atom is 0.223 e. The van der Waals surface area contributed by atoms with E-state index in [0.717, 1.165) is 38.7 Å². The van der Waals surface area contributed by atoms with Crippen LogP contribution in [0.3, 0.4) is 0 Å². The van der Waals surface area contributed by atoms with Crippen LogP contribution in [-0.2, 0) is 9.53 Å². The third-order valence-corrected chi connectivity index (χ3v) is 4.59. The third kappa shape index (κ3) is 3.93. The van der Waals surface area contributed by atoms with Gasteiger partial charge in [-0.3, -0.25) is 4.79 Å². The van der Waals surface area contributed by atoms with Gasteiger partial charge in [-0.1, -0.05) is 12.8 Å². The van der Waals surface area contributed by atoms with E-state index in [0.29, 0.717) is 12.5 Å². The molecule has 2 fully saturated rings. The molecule has 2 aliphatic rings. The molecule has 3 N–H and O–H groups in total. The van der Waals surface area contributed by atoms with Crippen molar-refractivity contribution in [3.8, 4) is 0 Å². The van der Waals surface area contributed by atoms with Gasteiger partial charge in [-0.2, -0.15) is 0 Å². The van der Waals surface area contributed by atoms with Crippen LogP contribution in [-0.4, -0.2) is 30.7 Å². The molecule has 4 heteroatoms. The molecule has 110 valence electrons. The molecule has 1 aliphatic carbocycles. The van der Waals surface area contributed by atoms with Crippen LogP contribution in [0.2, 0.25) is 0 Å². The monoisotopic (exact) mass is 268 g/mol. The molecule has 1 amide bonds. The van der Waals surface area contributed by atoms with Crippen LogP contribution in [0.4, 0.5) is 0 Å². The predicted molar refractivity (Wildman–Crippen MR) is 75.7 cm³/mol. The summed E-state index contributed by atoms with van der Waals surface area (Å²) >= 11 is 0. The van der Waals surface area contributed by atoms with Crippen molar-refractivity contribution in [2.45, 2.75) is 64.0 Å². The number of hydrogen-bond donors (Lipinski definition) is 2. The number of hydrogen-bond acceptors (Lipinski definition) is 3. The van der Waals surface area contributed by atoms with Gasteiger partial charge in [0, 0.05) is 18.6 Å². The topological polar surface area (TPSA) is 64.4 Å². The maximum absolute atomic E-state index is 12.4. The summed E-state index contributed by atoms with van der Waals surface area (Å²) in [6.45, 7) is 5.56. The fourth-order valence-electron chi connectivity index (χ4n) is 3.50. The van der Waals surface area contributed by atoms with Crippen molar-refractivity contribution in [2.75, 3.05) is 13.2 Å². The minimum absolute atomic E-state index is 0.115. The minimum Gasteiger partial charge on any atom is -0.375 e. The Kier molecular flexibility index (Phi) is 4.85. The van der Waals surface area contributed by atoms with Gasteiger partial charge in [-0.25, -0.2) is 0 Å². The standard InChI is InChI=1S/C15H28N2O2/c1-15(2)9-12(7-8-19-15)17-14(18)13-6-4-3-5-11(13)10-16/h11-13H,3-10,16H2,1-2H3,(H,17,18). The predicted octanol–water partition coefficient (Wildman–Crippen LogP) is 1.83. The van der Waals surface area contributed by atoms with Crippen LogP contribution >= 0.6 is 0 Å². The van der Waals surface area contributed by atoms with E-state index in [4.69, 9.17) is 10.5 Å². The number of carbonyl (C=O) groups is 1. The first-order valence-electron chi connectivity index (χ1n) is 7.66. The molecule has 0 aromatic heterocycles. The molecule has 1 heterocycles. The van der Waals surface area contributed by atoms with Crippen LogP contribution in [0.15, 0.2) is 0 Å². The van der Waals surface area contributed by atoms with Gasteiger partial charge in [0.2, 0.25) is 5.91 Å². The quantitative estimate of drug-likeness (QED) is 0.820. The van der Waals surface area contributed by atoms with Crippen LogP contribution < -0.4 is 11.1 Å². The van der Waals surface area contributed by atoms with Crippen LogP contribution in [0, 0.1) is 11.8 Å². The van der Waals surface area contributed by atoms with Crippen molar-refractivity contribution >= 4 is 5.91 Å². The Morgan fingerprint density at radius 2 is 2.05 bits per heavy atom. The van der Waals surface area contributed by atoms with E-state index >= 15 is 0 Å². The van der Waals surface area contributed by atoms with Crippen molar-refractivity contribution in [1.82, 2.24) is 5.32 Å². The highest BCUT2D eigenvalue weighted by Crippen LogP contribution is 2.30. The molecular formula is C15H28N2O2. The largest absolute Gasteiger partial charge is 0.375 e. The van der Waals surface area contributed by atoms with E-state index in [-0.39, 0.29) is 23.5 Å².